The highest BCUT2D eigenvalue weighted by atomic mass is 15.2. The molecule has 2 heteroatoms. The van der Waals surface area contributed by atoms with Gasteiger partial charge in [-0.05, 0) is 45.6 Å². The maximum absolute atomic E-state index is 5.84. The number of hydrogen-bond acceptors (Lipinski definition) is 2. The normalized spacial score (nSPS) is 18.2. The first kappa shape index (κ1) is 12.0. The van der Waals surface area contributed by atoms with Gasteiger partial charge in [0.05, 0.1) is 0 Å². The Balaban J connectivity index is 2.46. The molecule has 0 aliphatic heterocycles. The van der Waals surface area contributed by atoms with E-state index in [0.29, 0.717) is 0 Å². The molecule has 84 valence electrons. The SMILES string of the molecule is CC(C)CCN(C1CC1)C(C)(C)CN. The van der Waals surface area contributed by atoms with Crippen molar-refractivity contribution >= 4 is 0 Å². The maximum atomic E-state index is 5.84. The maximum Gasteiger partial charge on any atom is 0.0278 e. The minimum Gasteiger partial charge on any atom is -0.329 e. The van der Waals surface area contributed by atoms with Crippen LogP contribution in [0.15, 0.2) is 0 Å². The van der Waals surface area contributed by atoms with Gasteiger partial charge in [-0.2, -0.15) is 0 Å². The van der Waals surface area contributed by atoms with Crippen molar-refractivity contribution in [3.8, 4) is 0 Å². The van der Waals surface area contributed by atoms with Gasteiger partial charge in [0.2, 0.25) is 0 Å². The van der Waals surface area contributed by atoms with Crippen molar-refractivity contribution in [1.82, 2.24) is 4.90 Å². The molecule has 0 spiro atoms. The molecular weight excluding hydrogens is 172 g/mol. The second kappa shape index (κ2) is 4.63. The molecular formula is C12H26N2. The number of rotatable bonds is 6. The standard InChI is InChI=1S/C12H26N2/c1-10(2)7-8-14(11-5-6-11)12(3,4)9-13/h10-11H,5-9,13H2,1-4H3. The number of nitrogens with zero attached hydrogens (tertiary/aromatic N) is 1. The second-order valence-electron chi connectivity index (χ2n) is 5.62. The summed E-state index contributed by atoms with van der Waals surface area (Å²) in [6, 6.07) is 0.826. The molecule has 0 aromatic carbocycles. The predicted octanol–water partition coefficient (Wildman–Crippen LogP) is 2.23. The fraction of sp³-hybridized carbons (Fsp3) is 1.00. The third kappa shape index (κ3) is 3.25. The van der Waals surface area contributed by atoms with Gasteiger partial charge in [0.1, 0.15) is 0 Å². The quantitative estimate of drug-likeness (QED) is 0.709. The summed E-state index contributed by atoms with van der Waals surface area (Å²) in [6.45, 7) is 11.1. The summed E-state index contributed by atoms with van der Waals surface area (Å²) in [6.07, 6.45) is 4.04. The fourth-order valence-corrected chi connectivity index (χ4v) is 1.88. The van der Waals surface area contributed by atoms with Gasteiger partial charge >= 0.3 is 0 Å². The van der Waals surface area contributed by atoms with Gasteiger partial charge in [-0.25, -0.2) is 0 Å². The Morgan fingerprint density at radius 2 is 1.93 bits per heavy atom. The monoisotopic (exact) mass is 198 g/mol. The molecule has 1 saturated carbocycles. The second-order valence-corrected chi connectivity index (χ2v) is 5.62. The Kier molecular flexibility index (Phi) is 3.96. The summed E-state index contributed by atoms with van der Waals surface area (Å²) in [5.74, 6) is 0.796. The third-order valence-electron chi connectivity index (χ3n) is 3.21. The summed E-state index contributed by atoms with van der Waals surface area (Å²) < 4.78 is 0. The van der Waals surface area contributed by atoms with Crippen molar-refractivity contribution in [1.29, 1.82) is 0 Å². The molecule has 2 N–H and O–H groups in total. The smallest absolute Gasteiger partial charge is 0.0278 e. The molecule has 1 fully saturated rings. The first-order chi connectivity index (χ1) is 6.47. The third-order valence-corrected chi connectivity index (χ3v) is 3.21. The lowest BCUT2D eigenvalue weighted by Gasteiger charge is -2.38. The zero-order valence-corrected chi connectivity index (χ0v) is 10.2. The molecule has 0 amide bonds. The Labute approximate surface area is 88.8 Å². The summed E-state index contributed by atoms with van der Waals surface area (Å²) in [5.41, 5.74) is 6.03. The summed E-state index contributed by atoms with van der Waals surface area (Å²) >= 11 is 0. The van der Waals surface area contributed by atoms with Crippen LogP contribution in [-0.4, -0.2) is 29.6 Å². The molecule has 0 saturated heterocycles. The summed E-state index contributed by atoms with van der Waals surface area (Å²) in [4.78, 5) is 2.62. The van der Waals surface area contributed by atoms with Gasteiger partial charge in [-0.15, -0.1) is 0 Å². The molecule has 0 unspecified atom stereocenters. The molecule has 1 rings (SSSR count). The zero-order valence-electron chi connectivity index (χ0n) is 10.2. The highest BCUT2D eigenvalue weighted by molar-refractivity contribution is 4.94. The molecule has 1 aliphatic rings. The van der Waals surface area contributed by atoms with Crippen molar-refractivity contribution in [2.24, 2.45) is 11.7 Å². The lowest BCUT2D eigenvalue weighted by atomic mass is 10.0. The van der Waals surface area contributed by atoms with Gasteiger partial charge in [-0.1, -0.05) is 13.8 Å². The van der Waals surface area contributed by atoms with Crippen LogP contribution in [0.2, 0.25) is 0 Å². The Morgan fingerprint density at radius 1 is 1.36 bits per heavy atom. The average Bonchev–Trinajstić information content (AvgIpc) is 2.87. The van der Waals surface area contributed by atoms with E-state index >= 15 is 0 Å². The first-order valence-electron chi connectivity index (χ1n) is 5.94. The van der Waals surface area contributed by atoms with Gasteiger partial charge in [0.25, 0.3) is 0 Å². The molecule has 1 aliphatic carbocycles. The topological polar surface area (TPSA) is 29.3 Å². The van der Waals surface area contributed by atoms with Crippen LogP contribution in [0.4, 0.5) is 0 Å². The van der Waals surface area contributed by atoms with Crippen LogP contribution in [0.5, 0.6) is 0 Å². The van der Waals surface area contributed by atoms with Gasteiger partial charge < -0.3 is 5.73 Å². The summed E-state index contributed by atoms with van der Waals surface area (Å²) in [5, 5.41) is 0. The van der Waals surface area contributed by atoms with E-state index < -0.39 is 0 Å². The van der Waals surface area contributed by atoms with E-state index in [1.165, 1.54) is 25.8 Å². The molecule has 0 aromatic rings. The molecule has 0 aromatic heterocycles. The van der Waals surface area contributed by atoms with E-state index in [9.17, 15) is 0 Å². The van der Waals surface area contributed by atoms with Crippen molar-refractivity contribution in [2.45, 2.75) is 58.5 Å². The Bertz CT molecular complexity index is 171. The van der Waals surface area contributed by atoms with Crippen molar-refractivity contribution < 1.29 is 0 Å². The number of nitrogens with two attached hydrogens (primary N) is 1. The Morgan fingerprint density at radius 3 is 2.29 bits per heavy atom. The first-order valence-corrected chi connectivity index (χ1v) is 5.94. The van der Waals surface area contributed by atoms with Crippen molar-refractivity contribution in [3.05, 3.63) is 0 Å². The van der Waals surface area contributed by atoms with E-state index in [-0.39, 0.29) is 5.54 Å². The largest absolute Gasteiger partial charge is 0.329 e. The van der Waals surface area contributed by atoms with Crippen LogP contribution in [0.1, 0.15) is 47.0 Å². The van der Waals surface area contributed by atoms with Gasteiger partial charge in [-0.3, -0.25) is 4.90 Å². The van der Waals surface area contributed by atoms with Crippen LogP contribution < -0.4 is 5.73 Å². The summed E-state index contributed by atoms with van der Waals surface area (Å²) in [7, 11) is 0. The molecule has 0 heterocycles. The predicted molar refractivity (Wildman–Crippen MR) is 62.3 cm³/mol. The lowest BCUT2D eigenvalue weighted by molar-refractivity contribution is 0.110. The molecule has 14 heavy (non-hydrogen) atoms. The highest BCUT2D eigenvalue weighted by Crippen LogP contribution is 2.32. The molecule has 2 nitrogen and oxygen atoms in total. The molecule has 0 bridgehead atoms. The van der Waals surface area contributed by atoms with E-state index in [4.69, 9.17) is 5.73 Å². The zero-order chi connectivity index (χ0) is 10.8. The number of hydrogen-bond donors (Lipinski definition) is 1. The molecule has 0 radical (unpaired) electrons. The average molecular weight is 198 g/mol. The van der Waals surface area contributed by atoms with Crippen molar-refractivity contribution in [2.75, 3.05) is 13.1 Å². The highest BCUT2D eigenvalue weighted by Gasteiger charge is 2.37. The fourth-order valence-electron chi connectivity index (χ4n) is 1.88. The van der Waals surface area contributed by atoms with Crippen LogP contribution in [-0.2, 0) is 0 Å². The van der Waals surface area contributed by atoms with Crippen LogP contribution in [0, 0.1) is 5.92 Å². The van der Waals surface area contributed by atoms with Crippen LogP contribution >= 0.6 is 0 Å². The Hall–Kier alpha value is -0.0800. The van der Waals surface area contributed by atoms with Crippen LogP contribution in [0.3, 0.4) is 0 Å². The van der Waals surface area contributed by atoms with Gasteiger partial charge in [0, 0.05) is 18.1 Å². The minimum atomic E-state index is 0.191. The molecule has 0 atom stereocenters. The van der Waals surface area contributed by atoms with E-state index in [1.54, 1.807) is 0 Å². The van der Waals surface area contributed by atoms with Gasteiger partial charge in [0.15, 0.2) is 0 Å². The lowest BCUT2D eigenvalue weighted by Crippen LogP contribution is -2.51. The van der Waals surface area contributed by atoms with Crippen LogP contribution in [0.25, 0.3) is 0 Å². The van der Waals surface area contributed by atoms with E-state index in [0.717, 1.165) is 18.5 Å². The minimum absolute atomic E-state index is 0.191. The van der Waals surface area contributed by atoms with Crippen molar-refractivity contribution in [3.63, 3.8) is 0 Å². The van der Waals surface area contributed by atoms with E-state index in [2.05, 4.69) is 32.6 Å². The van der Waals surface area contributed by atoms with E-state index in [1.807, 2.05) is 0 Å².